The van der Waals surface area contributed by atoms with Crippen molar-refractivity contribution in [1.29, 1.82) is 0 Å². The van der Waals surface area contributed by atoms with E-state index in [0.29, 0.717) is 12.1 Å². The van der Waals surface area contributed by atoms with Crippen LogP contribution >= 0.6 is 0 Å². The van der Waals surface area contributed by atoms with E-state index in [-0.39, 0.29) is 29.1 Å². The molecule has 1 aromatic carbocycles. The second-order valence-electron chi connectivity index (χ2n) is 10.7. The van der Waals surface area contributed by atoms with Crippen LogP contribution in [0.15, 0.2) is 23.6 Å². The summed E-state index contributed by atoms with van der Waals surface area (Å²) in [7, 11) is -4.08. The molecule has 2 rings (SSSR count). The first-order chi connectivity index (χ1) is 15.8. The van der Waals surface area contributed by atoms with Crippen LogP contribution in [-0.2, 0) is 25.1 Å². The molecule has 1 aromatic heterocycles. The number of benzene rings is 1. The molecule has 0 saturated heterocycles. The summed E-state index contributed by atoms with van der Waals surface area (Å²) in [5, 5.41) is 13.5. The van der Waals surface area contributed by atoms with Crippen molar-refractivity contribution < 1.29 is 17.7 Å². The molecule has 8 nitrogen and oxygen atoms in total. The zero-order chi connectivity index (χ0) is 25.6. The topological polar surface area (TPSA) is 114 Å². The van der Waals surface area contributed by atoms with E-state index in [1.807, 2.05) is 53.7 Å². The van der Waals surface area contributed by atoms with Gasteiger partial charge in [-0.1, -0.05) is 80.6 Å². The van der Waals surface area contributed by atoms with Gasteiger partial charge in [-0.15, -0.1) is 0 Å². The number of nitrogens with one attached hydrogen (secondary N) is 1. The molecule has 0 spiro atoms. The first kappa shape index (κ1) is 28.0. The van der Waals surface area contributed by atoms with Gasteiger partial charge in [0.05, 0.1) is 6.61 Å². The van der Waals surface area contributed by atoms with E-state index in [2.05, 4.69) is 27.2 Å². The van der Waals surface area contributed by atoms with E-state index >= 15 is 0 Å². The summed E-state index contributed by atoms with van der Waals surface area (Å²) in [4.78, 5) is 12.0. The van der Waals surface area contributed by atoms with Gasteiger partial charge in [-0.3, -0.25) is 4.18 Å². The monoisotopic (exact) mass is 492 g/mol. The van der Waals surface area contributed by atoms with E-state index in [9.17, 15) is 13.5 Å². The first-order valence-corrected chi connectivity index (χ1v) is 13.4. The van der Waals surface area contributed by atoms with E-state index in [1.165, 1.54) is 12.8 Å². The van der Waals surface area contributed by atoms with Gasteiger partial charge in [-0.25, -0.2) is 9.97 Å². The van der Waals surface area contributed by atoms with Gasteiger partial charge in [0.15, 0.2) is 0 Å². The fourth-order valence-corrected chi connectivity index (χ4v) is 4.36. The lowest BCUT2D eigenvalue weighted by Gasteiger charge is -2.28. The van der Waals surface area contributed by atoms with Crippen molar-refractivity contribution >= 4 is 21.8 Å². The molecule has 0 unspecified atom stereocenters. The van der Waals surface area contributed by atoms with Crippen molar-refractivity contribution in [3.63, 3.8) is 0 Å². The maximum atomic E-state index is 12.6. The molecular weight excluding hydrogens is 452 g/mol. The lowest BCUT2D eigenvalue weighted by molar-refractivity contribution is 0.303. The standard InChI is InChI=1S/C25H40N4O4S/c1-8-9-10-11-12-13-14-33-34(31,32)23-27-17-26-22(29-23)28-18-15-19(24(2,3)4)21(30)20(16-18)25(5,6)7/h15-17,30H,8-14H2,1-7H3,(H,26,27,28,29). The first-order valence-electron chi connectivity index (χ1n) is 12.0. The van der Waals surface area contributed by atoms with Crippen molar-refractivity contribution in [2.45, 2.75) is 103 Å². The Morgan fingerprint density at radius 1 is 0.912 bits per heavy atom. The van der Waals surface area contributed by atoms with Gasteiger partial charge in [-0.05, 0) is 29.4 Å². The van der Waals surface area contributed by atoms with Gasteiger partial charge in [0.2, 0.25) is 5.95 Å². The van der Waals surface area contributed by atoms with Gasteiger partial charge >= 0.3 is 10.1 Å². The molecule has 0 atom stereocenters. The van der Waals surface area contributed by atoms with E-state index in [1.54, 1.807) is 0 Å². The molecular formula is C25H40N4O4S. The van der Waals surface area contributed by atoms with Gasteiger partial charge in [0, 0.05) is 16.8 Å². The highest BCUT2D eigenvalue weighted by atomic mass is 32.2. The molecule has 190 valence electrons. The van der Waals surface area contributed by atoms with Crippen LogP contribution in [0.1, 0.15) is 98.1 Å². The van der Waals surface area contributed by atoms with Crippen LogP contribution in [0.5, 0.6) is 5.75 Å². The minimum Gasteiger partial charge on any atom is -0.507 e. The van der Waals surface area contributed by atoms with E-state index in [0.717, 1.165) is 36.7 Å². The summed E-state index contributed by atoms with van der Waals surface area (Å²) in [6.45, 7) is 14.4. The van der Waals surface area contributed by atoms with Crippen LogP contribution in [0.2, 0.25) is 0 Å². The molecule has 0 aliphatic heterocycles. The number of anilines is 2. The molecule has 9 heteroatoms. The predicted octanol–water partition coefficient (Wildman–Crippen LogP) is 5.98. The maximum Gasteiger partial charge on any atom is 0.333 e. The van der Waals surface area contributed by atoms with Crippen molar-refractivity contribution in [2.24, 2.45) is 0 Å². The third kappa shape index (κ3) is 7.91. The fraction of sp³-hybridized carbons (Fsp3) is 0.640. The number of rotatable bonds is 11. The second kappa shape index (κ2) is 11.4. The van der Waals surface area contributed by atoms with Crippen LogP contribution in [-0.4, -0.2) is 35.1 Å². The Bertz CT molecular complexity index is 1020. The Balaban J connectivity index is 2.20. The van der Waals surface area contributed by atoms with Gasteiger partial charge in [-0.2, -0.15) is 13.4 Å². The molecule has 0 fully saturated rings. The zero-order valence-electron chi connectivity index (χ0n) is 21.6. The quantitative estimate of drug-likeness (QED) is 0.224. The molecule has 0 aliphatic carbocycles. The SMILES string of the molecule is CCCCCCCCOS(=O)(=O)c1ncnc(Nc2cc(C(C)(C)C)c(O)c(C(C)(C)C)c2)n1. The van der Waals surface area contributed by atoms with Crippen LogP contribution in [0.3, 0.4) is 0 Å². The summed E-state index contributed by atoms with van der Waals surface area (Å²) in [6.07, 6.45) is 7.30. The second-order valence-corrected chi connectivity index (χ2v) is 12.2. The number of hydrogen-bond donors (Lipinski definition) is 2. The van der Waals surface area contributed by atoms with Crippen molar-refractivity contribution in [3.05, 3.63) is 29.6 Å². The largest absolute Gasteiger partial charge is 0.507 e. The Labute approximate surface area is 204 Å². The van der Waals surface area contributed by atoms with Crippen LogP contribution in [0, 0.1) is 0 Å². The summed E-state index contributed by atoms with van der Waals surface area (Å²) >= 11 is 0. The minimum atomic E-state index is -4.08. The normalized spacial score (nSPS) is 12.7. The number of nitrogens with zero attached hydrogens (tertiary/aromatic N) is 3. The van der Waals surface area contributed by atoms with Gasteiger partial charge < -0.3 is 10.4 Å². The lowest BCUT2D eigenvalue weighted by atomic mass is 9.79. The highest BCUT2D eigenvalue weighted by molar-refractivity contribution is 7.86. The Morgan fingerprint density at radius 3 is 2.03 bits per heavy atom. The minimum absolute atomic E-state index is 0.0853. The summed E-state index contributed by atoms with van der Waals surface area (Å²) in [6, 6.07) is 3.66. The number of aromatic nitrogens is 3. The van der Waals surface area contributed by atoms with E-state index in [4.69, 9.17) is 4.18 Å². The Hall–Kier alpha value is -2.26. The molecule has 0 saturated carbocycles. The third-order valence-electron chi connectivity index (χ3n) is 5.49. The van der Waals surface area contributed by atoms with Gasteiger partial charge in [0.1, 0.15) is 12.1 Å². The highest BCUT2D eigenvalue weighted by Gasteiger charge is 2.27. The molecule has 0 radical (unpaired) electrons. The molecule has 0 bridgehead atoms. The average molecular weight is 493 g/mol. The molecule has 34 heavy (non-hydrogen) atoms. The third-order valence-corrected chi connectivity index (χ3v) is 6.61. The van der Waals surface area contributed by atoms with Crippen LogP contribution in [0.4, 0.5) is 11.6 Å². The lowest BCUT2D eigenvalue weighted by Crippen LogP contribution is -2.18. The van der Waals surface area contributed by atoms with Crippen molar-refractivity contribution in [2.75, 3.05) is 11.9 Å². The summed E-state index contributed by atoms with van der Waals surface area (Å²) < 4.78 is 30.2. The summed E-state index contributed by atoms with van der Waals surface area (Å²) in [5.74, 6) is 0.342. The number of unbranched alkanes of at least 4 members (excludes halogenated alkanes) is 5. The van der Waals surface area contributed by atoms with Crippen molar-refractivity contribution in [1.82, 2.24) is 15.0 Å². The maximum absolute atomic E-state index is 12.6. The van der Waals surface area contributed by atoms with Crippen LogP contribution in [0.25, 0.3) is 0 Å². The molecule has 2 aromatic rings. The number of hydrogen-bond acceptors (Lipinski definition) is 8. The number of phenolic OH excluding ortho intramolecular Hbond substituents is 1. The van der Waals surface area contributed by atoms with Crippen LogP contribution < -0.4 is 5.32 Å². The smallest absolute Gasteiger partial charge is 0.333 e. The van der Waals surface area contributed by atoms with Crippen molar-refractivity contribution in [3.8, 4) is 5.75 Å². The zero-order valence-corrected chi connectivity index (χ0v) is 22.4. The highest BCUT2D eigenvalue weighted by Crippen LogP contribution is 2.41. The molecule has 0 amide bonds. The fourth-order valence-electron chi connectivity index (χ4n) is 3.54. The van der Waals surface area contributed by atoms with E-state index < -0.39 is 15.3 Å². The average Bonchev–Trinajstić information content (AvgIpc) is 2.73. The Morgan fingerprint density at radius 2 is 1.47 bits per heavy atom. The molecule has 2 N–H and O–H groups in total. The van der Waals surface area contributed by atoms with Gasteiger partial charge in [0.25, 0.3) is 5.16 Å². The molecule has 1 heterocycles. The predicted molar refractivity (Wildman–Crippen MR) is 135 cm³/mol. The molecule has 0 aliphatic rings. The summed E-state index contributed by atoms with van der Waals surface area (Å²) in [5.41, 5.74) is 1.58. The number of aromatic hydroxyl groups is 1. The number of phenols is 1. The Kier molecular flexibility index (Phi) is 9.42.